The van der Waals surface area contributed by atoms with Gasteiger partial charge in [0.15, 0.2) is 5.96 Å². The van der Waals surface area contributed by atoms with Crippen LogP contribution in [-0.4, -0.2) is 42.9 Å². The van der Waals surface area contributed by atoms with Crippen molar-refractivity contribution in [3.05, 3.63) is 35.4 Å². The number of halogens is 2. The van der Waals surface area contributed by atoms with Gasteiger partial charge in [0.1, 0.15) is 11.6 Å². The number of hydrogen-bond acceptors (Lipinski definition) is 2. The molecule has 1 amide bonds. The summed E-state index contributed by atoms with van der Waals surface area (Å²) in [4.78, 5) is 17.9. The number of aliphatic imine (C=N–C) groups is 1. The molecule has 1 aliphatic rings. The van der Waals surface area contributed by atoms with Crippen LogP contribution in [0.25, 0.3) is 0 Å². The molecule has 138 valence electrons. The Morgan fingerprint density at radius 1 is 1.36 bits per heavy atom. The van der Waals surface area contributed by atoms with Crippen LogP contribution < -0.4 is 11.1 Å². The third-order valence-electron chi connectivity index (χ3n) is 4.23. The fraction of sp³-hybridized carbons (Fsp3) is 0.556. The molecular weight excluding hydrogens is 326 g/mol. The van der Waals surface area contributed by atoms with E-state index in [1.807, 2.05) is 6.92 Å². The Bertz CT molecular complexity index is 601. The summed E-state index contributed by atoms with van der Waals surface area (Å²) >= 11 is 0. The van der Waals surface area contributed by atoms with Gasteiger partial charge in [-0.05, 0) is 49.8 Å². The number of rotatable bonds is 6. The minimum Gasteiger partial charge on any atom is -0.370 e. The van der Waals surface area contributed by atoms with E-state index in [2.05, 4.69) is 15.2 Å². The first-order chi connectivity index (χ1) is 12.0. The number of piperidine rings is 1. The highest BCUT2D eigenvalue weighted by molar-refractivity contribution is 5.80. The van der Waals surface area contributed by atoms with Crippen LogP contribution in [-0.2, 0) is 11.2 Å². The van der Waals surface area contributed by atoms with Crippen molar-refractivity contribution in [2.45, 2.75) is 32.6 Å². The second-order valence-corrected chi connectivity index (χ2v) is 6.39. The molecule has 1 aliphatic heterocycles. The first kappa shape index (κ1) is 19.1. The van der Waals surface area contributed by atoms with E-state index in [0.29, 0.717) is 24.9 Å². The molecule has 2 rings (SSSR count). The topological polar surface area (TPSA) is 70.7 Å². The fourth-order valence-corrected chi connectivity index (χ4v) is 3.18. The van der Waals surface area contributed by atoms with Gasteiger partial charge < -0.3 is 16.0 Å². The normalized spacial score (nSPS) is 18.3. The van der Waals surface area contributed by atoms with Gasteiger partial charge >= 0.3 is 0 Å². The largest absolute Gasteiger partial charge is 0.370 e. The first-order valence-electron chi connectivity index (χ1n) is 8.74. The van der Waals surface area contributed by atoms with Gasteiger partial charge in [-0.1, -0.05) is 0 Å². The van der Waals surface area contributed by atoms with Gasteiger partial charge in [0.2, 0.25) is 5.91 Å². The van der Waals surface area contributed by atoms with Crippen LogP contribution >= 0.6 is 0 Å². The molecule has 0 saturated carbocycles. The molecule has 0 bridgehead atoms. The molecule has 1 aromatic rings. The lowest BCUT2D eigenvalue weighted by Crippen LogP contribution is -2.47. The van der Waals surface area contributed by atoms with Crippen LogP contribution in [0, 0.1) is 17.6 Å². The summed E-state index contributed by atoms with van der Waals surface area (Å²) in [5.41, 5.74) is 5.89. The van der Waals surface area contributed by atoms with Crippen molar-refractivity contribution < 1.29 is 13.6 Å². The summed E-state index contributed by atoms with van der Waals surface area (Å²) in [5.74, 6) is -0.407. The van der Waals surface area contributed by atoms with Gasteiger partial charge in [-0.3, -0.25) is 9.79 Å². The quantitative estimate of drug-likeness (QED) is 0.608. The summed E-state index contributed by atoms with van der Waals surface area (Å²) in [7, 11) is 0. The zero-order valence-corrected chi connectivity index (χ0v) is 14.6. The van der Waals surface area contributed by atoms with Gasteiger partial charge in [-0.2, -0.15) is 0 Å². The maximum absolute atomic E-state index is 13.2. The van der Waals surface area contributed by atoms with Gasteiger partial charge in [-0.25, -0.2) is 8.78 Å². The molecule has 1 aromatic carbocycles. The molecule has 25 heavy (non-hydrogen) atoms. The molecular formula is C18H26F2N4O. The smallest absolute Gasteiger partial charge is 0.217 e. The first-order valence-corrected chi connectivity index (χ1v) is 8.74. The number of carbonyl (C=O) groups is 1. The molecule has 1 saturated heterocycles. The Morgan fingerprint density at radius 2 is 2.08 bits per heavy atom. The maximum atomic E-state index is 13.2. The number of nitrogens with two attached hydrogens (primary N) is 1. The minimum absolute atomic E-state index is 0.243. The van der Waals surface area contributed by atoms with E-state index in [1.165, 1.54) is 12.1 Å². The number of benzene rings is 1. The van der Waals surface area contributed by atoms with Crippen LogP contribution in [0.5, 0.6) is 0 Å². The average molecular weight is 352 g/mol. The van der Waals surface area contributed by atoms with Gasteiger partial charge in [-0.15, -0.1) is 0 Å². The summed E-state index contributed by atoms with van der Waals surface area (Å²) in [6, 6.07) is 3.52. The van der Waals surface area contributed by atoms with Crippen molar-refractivity contribution in [1.29, 1.82) is 0 Å². The summed E-state index contributed by atoms with van der Waals surface area (Å²) < 4.78 is 26.5. The number of likely N-dealkylation sites (tertiary alicyclic amines) is 1. The molecule has 0 aromatic heterocycles. The van der Waals surface area contributed by atoms with E-state index in [9.17, 15) is 13.6 Å². The predicted octanol–water partition coefficient (Wildman–Crippen LogP) is 2.06. The van der Waals surface area contributed by atoms with Gasteiger partial charge in [0.25, 0.3) is 0 Å². The zero-order valence-electron chi connectivity index (χ0n) is 14.6. The number of hydrogen-bond donors (Lipinski definition) is 2. The van der Waals surface area contributed by atoms with Crippen LogP contribution in [0.15, 0.2) is 23.2 Å². The van der Waals surface area contributed by atoms with Crippen molar-refractivity contribution in [3.8, 4) is 0 Å². The van der Waals surface area contributed by atoms with E-state index < -0.39 is 11.6 Å². The lowest BCUT2D eigenvalue weighted by atomic mass is 9.95. The Balaban J connectivity index is 1.98. The third kappa shape index (κ3) is 6.32. The monoisotopic (exact) mass is 352 g/mol. The lowest BCUT2D eigenvalue weighted by molar-refractivity contribution is -0.119. The van der Waals surface area contributed by atoms with E-state index in [4.69, 9.17) is 5.73 Å². The number of nitrogens with zero attached hydrogens (tertiary/aromatic N) is 2. The molecule has 0 radical (unpaired) electrons. The standard InChI is InChI=1S/C18H26F2N4O/c1-2-22-18(24-7-3-4-14(12-24)10-17(21)25)23-6-5-13-8-15(19)11-16(20)9-13/h8-9,11,14H,2-7,10,12H2,1H3,(H2,21,25)(H,22,23). The second-order valence-electron chi connectivity index (χ2n) is 6.39. The Hall–Kier alpha value is -2.18. The Labute approximate surface area is 147 Å². The molecule has 0 aliphatic carbocycles. The van der Waals surface area contributed by atoms with Crippen molar-refractivity contribution in [3.63, 3.8) is 0 Å². The SMILES string of the molecule is CCNC(=NCCc1cc(F)cc(F)c1)N1CCCC(CC(N)=O)C1. The maximum Gasteiger partial charge on any atom is 0.217 e. The second kappa shape index (κ2) is 9.34. The molecule has 5 nitrogen and oxygen atoms in total. The Morgan fingerprint density at radius 3 is 2.72 bits per heavy atom. The number of primary amides is 1. The van der Waals surface area contributed by atoms with E-state index >= 15 is 0 Å². The van der Waals surface area contributed by atoms with E-state index in [-0.39, 0.29) is 11.8 Å². The van der Waals surface area contributed by atoms with Crippen molar-refractivity contribution in [1.82, 2.24) is 10.2 Å². The highest BCUT2D eigenvalue weighted by Gasteiger charge is 2.23. The highest BCUT2D eigenvalue weighted by Crippen LogP contribution is 2.19. The van der Waals surface area contributed by atoms with Crippen molar-refractivity contribution >= 4 is 11.9 Å². The number of amides is 1. The van der Waals surface area contributed by atoms with Gasteiger partial charge in [0.05, 0.1) is 0 Å². The summed E-state index contributed by atoms with van der Waals surface area (Å²) in [6.45, 7) is 4.76. The number of guanidine groups is 1. The molecule has 0 spiro atoms. The minimum atomic E-state index is -0.573. The van der Waals surface area contributed by atoms with Crippen LogP contribution in [0.4, 0.5) is 8.78 Å². The van der Waals surface area contributed by atoms with Crippen LogP contribution in [0.2, 0.25) is 0 Å². The zero-order chi connectivity index (χ0) is 18.2. The van der Waals surface area contributed by atoms with Crippen molar-refractivity contribution in [2.75, 3.05) is 26.2 Å². The van der Waals surface area contributed by atoms with E-state index in [0.717, 1.165) is 44.5 Å². The van der Waals surface area contributed by atoms with E-state index in [1.54, 1.807) is 0 Å². The molecule has 1 unspecified atom stereocenters. The highest BCUT2D eigenvalue weighted by atomic mass is 19.1. The number of nitrogens with one attached hydrogen (secondary N) is 1. The lowest BCUT2D eigenvalue weighted by Gasteiger charge is -2.34. The molecule has 1 heterocycles. The Kier molecular flexibility index (Phi) is 7.16. The average Bonchev–Trinajstić information content (AvgIpc) is 2.53. The fourth-order valence-electron chi connectivity index (χ4n) is 3.18. The third-order valence-corrected chi connectivity index (χ3v) is 4.23. The molecule has 1 fully saturated rings. The molecule has 3 N–H and O–H groups in total. The number of carbonyl (C=O) groups excluding carboxylic acids is 1. The summed E-state index contributed by atoms with van der Waals surface area (Å²) in [5, 5.41) is 3.25. The predicted molar refractivity (Wildman–Crippen MR) is 94.1 cm³/mol. The van der Waals surface area contributed by atoms with Crippen LogP contribution in [0.1, 0.15) is 31.7 Å². The molecule has 7 heteroatoms. The summed E-state index contributed by atoms with van der Waals surface area (Å²) in [6.07, 6.45) is 2.82. The van der Waals surface area contributed by atoms with Gasteiger partial charge in [0, 0.05) is 38.7 Å². The van der Waals surface area contributed by atoms with Crippen LogP contribution in [0.3, 0.4) is 0 Å². The van der Waals surface area contributed by atoms with Crippen molar-refractivity contribution in [2.24, 2.45) is 16.6 Å². The molecule has 1 atom stereocenters.